The summed E-state index contributed by atoms with van der Waals surface area (Å²) < 4.78 is 0. The predicted octanol–water partition coefficient (Wildman–Crippen LogP) is -0.275. The lowest BCUT2D eigenvalue weighted by Crippen LogP contribution is -2.69. The summed E-state index contributed by atoms with van der Waals surface area (Å²) in [6.45, 7) is 0. The average molecular weight is 224 g/mol. The topological polar surface area (TPSA) is 56.8 Å². The molecule has 1 aliphatic heterocycles. The maximum absolute atomic E-state index is 11.8. The summed E-state index contributed by atoms with van der Waals surface area (Å²) in [6, 6.07) is 0. The predicted molar refractivity (Wildman–Crippen MR) is 56.0 cm³/mol. The normalized spacial score (nSPS) is 34.8. The fraction of sp³-hybridized carbons (Fsp3) is 0.700. The third kappa shape index (κ3) is 1.17. The monoisotopic (exact) mass is 224 g/mol. The first-order valence-electron chi connectivity index (χ1n) is 5.50. The molecule has 0 saturated heterocycles. The van der Waals surface area contributed by atoms with Crippen LogP contribution in [0.2, 0.25) is 0 Å². The van der Waals surface area contributed by atoms with Crippen molar-refractivity contribution in [3.63, 3.8) is 0 Å². The summed E-state index contributed by atoms with van der Waals surface area (Å²) >= 11 is 0. The maximum atomic E-state index is 11.8. The van der Waals surface area contributed by atoms with Crippen molar-refractivity contribution >= 4 is 5.91 Å². The van der Waals surface area contributed by atoms with E-state index in [1.54, 1.807) is 7.05 Å². The molecular weight excluding hydrogens is 208 g/mol. The van der Waals surface area contributed by atoms with Crippen LogP contribution >= 0.6 is 0 Å². The largest absolute Gasteiger partial charge is 0.297 e. The first-order valence-corrected chi connectivity index (χ1v) is 5.50. The number of nitrogens with zero attached hydrogens (tertiary/aromatic N) is 2. The van der Waals surface area contributed by atoms with E-state index in [0.29, 0.717) is 5.70 Å². The standard InChI is InChI=1S/C10H16N4O2/c1-13(16-2)9(15)8-6-14(12-11-8)10-3-7(4-10)5-10/h6-7,11-12H,3-5H2,1-2H3. The molecule has 0 unspecified atom stereocenters. The van der Waals surface area contributed by atoms with E-state index in [1.165, 1.54) is 31.4 Å². The van der Waals surface area contributed by atoms with E-state index in [9.17, 15) is 4.79 Å². The fourth-order valence-electron chi connectivity index (χ4n) is 2.66. The minimum absolute atomic E-state index is 0.177. The number of rotatable bonds is 3. The maximum Gasteiger partial charge on any atom is 0.296 e. The van der Waals surface area contributed by atoms with Gasteiger partial charge in [0.1, 0.15) is 5.70 Å². The van der Waals surface area contributed by atoms with Crippen LogP contribution in [-0.2, 0) is 9.63 Å². The highest BCUT2D eigenvalue weighted by molar-refractivity contribution is 5.92. The van der Waals surface area contributed by atoms with Crippen LogP contribution < -0.4 is 11.0 Å². The number of hydrazine groups is 2. The van der Waals surface area contributed by atoms with E-state index in [1.807, 2.05) is 11.2 Å². The zero-order valence-corrected chi connectivity index (χ0v) is 9.49. The number of nitrogens with one attached hydrogen (secondary N) is 2. The highest BCUT2D eigenvalue weighted by Gasteiger charge is 2.60. The Morgan fingerprint density at radius 2 is 2.31 bits per heavy atom. The van der Waals surface area contributed by atoms with E-state index in [0.717, 1.165) is 5.92 Å². The molecule has 6 nitrogen and oxygen atoms in total. The first-order chi connectivity index (χ1) is 7.64. The highest BCUT2D eigenvalue weighted by atomic mass is 16.7. The molecule has 4 rings (SSSR count). The molecule has 4 aliphatic rings. The number of hydrogen-bond acceptors (Lipinski definition) is 5. The van der Waals surface area contributed by atoms with Gasteiger partial charge in [-0.25, -0.2) is 5.06 Å². The fourth-order valence-corrected chi connectivity index (χ4v) is 2.66. The van der Waals surface area contributed by atoms with Gasteiger partial charge in [-0.3, -0.25) is 20.1 Å². The molecule has 0 aromatic rings. The van der Waals surface area contributed by atoms with Gasteiger partial charge in [-0.05, 0) is 25.2 Å². The lowest BCUT2D eigenvalue weighted by atomic mass is 9.49. The van der Waals surface area contributed by atoms with Gasteiger partial charge in [0.2, 0.25) is 0 Å². The molecule has 0 radical (unpaired) electrons. The molecule has 0 spiro atoms. The molecule has 2 N–H and O–H groups in total. The van der Waals surface area contributed by atoms with E-state index in [-0.39, 0.29) is 11.4 Å². The molecule has 6 heteroatoms. The summed E-state index contributed by atoms with van der Waals surface area (Å²) in [5, 5.41) is 3.23. The Bertz CT molecular complexity index is 351. The highest BCUT2D eigenvalue weighted by Crippen LogP contribution is 2.60. The number of amides is 1. The van der Waals surface area contributed by atoms with Crippen molar-refractivity contribution in [3.8, 4) is 0 Å². The number of carbonyl (C=O) groups is 1. The van der Waals surface area contributed by atoms with Crippen LogP contribution in [0.4, 0.5) is 0 Å². The third-order valence-corrected chi connectivity index (χ3v) is 3.88. The molecule has 0 aromatic carbocycles. The van der Waals surface area contributed by atoms with Gasteiger partial charge in [0, 0.05) is 13.2 Å². The Balaban J connectivity index is 1.69. The summed E-state index contributed by atoms with van der Waals surface area (Å²) in [5.41, 5.74) is 6.71. The van der Waals surface area contributed by atoms with Crippen LogP contribution in [0.1, 0.15) is 19.3 Å². The molecule has 0 atom stereocenters. The van der Waals surface area contributed by atoms with Crippen LogP contribution in [0.25, 0.3) is 0 Å². The van der Waals surface area contributed by atoms with Gasteiger partial charge in [-0.2, -0.15) is 0 Å². The van der Waals surface area contributed by atoms with E-state index in [2.05, 4.69) is 11.0 Å². The van der Waals surface area contributed by atoms with Crippen LogP contribution in [0, 0.1) is 5.92 Å². The zero-order valence-electron chi connectivity index (χ0n) is 9.49. The number of likely N-dealkylation sites (N-methyl/N-ethyl adjacent to an activating group) is 1. The minimum atomic E-state index is -0.177. The molecule has 3 saturated carbocycles. The van der Waals surface area contributed by atoms with Crippen molar-refractivity contribution in [1.29, 1.82) is 0 Å². The van der Waals surface area contributed by atoms with E-state index < -0.39 is 0 Å². The van der Waals surface area contributed by atoms with Crippen molar-refractivity contribution in [2.75, 3.05) is 14.2 Å². The zero-order chi connectivity index (χ0) is 11.3. The number of hydrogen-bond donors (Lipinski definition) is 2. The molecule has 16 heavy (non-hydrogen) atoms. The molecule has 1 amide bonds. The van der Waals surface area contributed by atoms with E-state index in [4.69, 9.17) is 4.84 Å². The Morgan fingerprint density at radius 3 is 2.81 bits per heavy atom. The SMILES string of the molecule is CON(C)C(=O)C1=CN(C23CC(C2)C3)NN1. The second-order valence-electron chi connectivity index (χ2n) is 4.84. The van der Waals surface area contributed by atoms with Crippen molar-refractivity contribution in [1.82, 2.24) is 21.0 Å². The van der Waals surface area contributed by atoms with Gasteiger partial charge in [0.05, 0.1) is 12.6 Å². The first kappa shape index (κ1) is 9.92. The van der Waals surface area contributed by atoms with Crippen molar-refractivity contribution in [3.05, 3.63) is 11.9 Å². The van der Waals surface area contributed by atoms with Gasteiger partial charge in [0.15, 0.2) is 0 Å². The lowest BCUT2D eigenvalue weighted by molar-refractivity contribution is -0.164. The molecular formula is C10H16N4O2. The van der Waals surface area contributed by atoms with Crippen LogP contribution in [0.5, 0.6) is 0 Å². The van der Waals surface area contributed by atoms with E-state index >= 15 is 0 Å². The van der Waals surface area contributed by atoms with Crippen molar-refractivity contribution < 1.29 is 9.63 Å². The molecule has 1 heterocycles. The van der Waals surface area contributed by atoms with Crippen LogP contribution in [-0.4, -0.2) is 35.7 Å². The Labute approximate surface area is 94.1 Å². The van der Waals surface area contributed by atoms with Gasteiger partial charge >= 0.3 is 0 Å². The van der Waals surface area contributed by atoms with Gasteiger partial charge in [-0.1, -0.05) is 0 Å². The Morgan fingerprint density at radius 1 is 1.62 bits per heavy atom. The lowest BCUT2D eigenvalue weighted by Gasteiger charge is -2.64. The van der Waals surface area contributed by atoms with Gasteiger partial charge in [0.25, 0.3) is 5.91 Å². The second-order valence-corrected chi connectivity index (χ2v) is 4.84. The summed E-state index contributed by atoms with van der Waals surface area (Å²) in [4.78, 5) is 16.6. The minimum Gasteiger partial charge on any atom is -0.297 e. The second kappa shape index (κ2) is 3.11. The van der Waals surface area contributed by atoms with Gasteiger partial charge in [-0.15, -0.1) is 5.53 Å². The molecule has 3 fully saturated rings. The van der Waals surface area contributed by atoms with Crippen molar-refractivity contribution in [2.24, 2.45) is 5.92 Å². The van der Waals surface area contributed by atoms with Crippen LogP contribution in [0.3, 0.4) is 0 Å². The molecule has 88 valence electrons. The molecule has 0 aromatic heterocycles. The van der Waals surface area contributed by atoms with Crippen molar-refractivity contribution in [2.45, 2.75) is 24.8 Å². The Kier molecular flexibility index (Phi) is 1.93. The van der Waals surface area contributed by atoms with Crippen LogP contribution in [0.15, 0.2) is 11.9 Å². The quantitative estimate of drug-likeness (QED) is 0.646. The summed E-state index contributed by atoms with van der Waals surface area (Å²) in [5.74, 6) is 0.737. The van der Waals surface area contributed by atoms with Gasteiger partial charge < -0.3 is 0 Å². The molecule has 3 aliphatic carbocycles. The summed E-state index contributed by atoms with van der Waals surface area (Å²) in [7, 11) is 3.06. The molecule has 2 bridgehead atoms. The average Bonchev–Trinajstić information content (AvgIpc) is 2.60. The number of hydroxylamine groups is 2. The number of carbonyl (C=O) groups excluding carboxylic acids is 1. The smallest absolute Gasteiger partial charge is 0.296 e. The Hall–Kier alpha value is -1.27. The summed E-state index contributed by atoms with van der Waals surface area (Å²) in [6.07, 6.45) is 5.55. The third-order valence-electron chi connectivity index (χ3n) is 3.88.